The number of aromatic nitrogens is 2. The average molecular weight is 241 g/mol. The number of benzene rings is 1. The predicted molar refractivity (Wildman–Crippen MR) is 72.0 cm³/mol. The van der Waals surface area contributed by atoms with Crippen molar-refractivity contribution in [3.63, 3.8) is 0 Å². The third-order valence-electron chi connectivity index (χ3n) is 3.02. The lowest BCUT2D eigenvalue weighted by atomic mass is 10.1. The van der Waals surface area contributed by atoms with Gasteiger partial charge in [0, 0.05) is 24.2 Å². The van der Waals surface area contributed by atoms with Crippen molar-refractivity contribution in [2.24, 2.45) is 0 Å². The van der Waals surface area contributed by atoms with E-state index in [9.17, 15) is 0 Å². The molecule has 0 spiro atoms. The van der Waals surface area contributed by atoms with Crippen LogP contribution in [0.2, 0.25) is 0 Å². The minimum Gasteiger partial charge on any atom is -0.399 e. The number of rotatable bonds is 3. The Morgan fingerprint density at radius 3 is 2.94 bits per heavy atom. The highest BCUT2D eigenvalue weighted by Gasteiger charge is 2.14. The topological polar surface area (TPSA) is 78.8 Å². The van der Waals surface area contributed by atoms with Crippen molar-refractivity contribution in [2.45, 2.75) is 19.4 Å². The van der Waals surface area contributed by atoms with E-state index in [-0.39, 0.29) is 6.04 Å². The van der Waals surface area contributed by atoms with Gasteiger partial charge < -0.3 is 10.6 Å². The SMILES string of the molecule is CC(CC#N)N(C)c1ncnc2cc(N)ccc12. The van der Waals surface area contributed by atoms with Crippen LogP contribution in [0.5, 0.6) is 0 Å². The Balaban J connectivity index is 2.48. The van der Waals surface area contributed by atoms with Crippen molar-refractivity contribution < 1.29 is 0 Å². The van der Waals surface area contributed by atoms with Gasteiger partial charge in [-0.1, -0.05) is 0 Å². The number of anilines is 2. The number of nitrogens with zero attached hydrogens (tertiary/aromatic N) is 4. The zero-order valence-corrected chi connectivity index (χ0v) is 10.5. The van der Waals surface area contributed by atoms with Gasteiger partial charge in [0.2, 0.25) is 0 Å². The van der Waals surface area contributed by atoms with Gasteiger partial charge in [-0.05, 0) is 25.1 Å². The Labute approximate surface area is 106 Å². The molecule has 1 atom stereocenters. The predicted octanol–water partition coefficient (Wildman–Crippen LogP) is 1.95. The number of nitriles is 1. The monoisotopic (exact) mass is 241 g/mol. The fraction of sp³-hybridized carbons (Fsp3) is 0.308. The van der Waals surface area contributed by atoms with Crippen LogP contribution >= 0.6 is 0 Å². The molecular formula is C13H15N5. The number of hydrogen-bond acceptors (Lipinski definition) is 5. The van der Waals surface area contributed by atoms with Crippen LogP contribution in [0.3, 0.4) is 0 Å². The molecule has 92 valence electrons. The lowest BCUT2D eigenvalue weighted by Crippen LogP contribution is -2.29. The van der Waals surface area contributed by atoms with E-state index in [4.69, 9.17) is 11.0 Å². The van der Waals surface area contributed by atoms with Gasteiger partial charge in [0.15, 0.2) is 0 Å². The molecule has 0 amide bonds. The smallest absolute Gasteiger partial charge is 0.139 e. The second-order valence-corrected chi connectivity index (χ2v) is 4.30. The second kappa shape index (κ2) is 4.88. The summed E-state index contributed by atoms with van der Waals surface area (Å²) in [6.07, 6.45) is 1.98. The van der Waals surface area contributed by atoms with Gasteiger partial charge in [-0.25, -0.2) is 9.97 Å². The van der Waals surface area contributed by atoms with Crippen LogP contribution in [0.1, 0.15) is 13.3 Å². The summed E-state index contributed by atoms with van der Waals surface area (Å²) < 4.78 is 0. The summed E-state index contributed by atoms with van der Waals surface area (Å²) in [6, 6.07) is 7.84. The molecule has 18 heavy (non-hydrogen) atoms. The van der Waals surface area contributed by atoms with Crippen LogP contribution < -0.4 is 10.6 Å². The molecule has 2 aromatic rings. The van der Waals surface area contributed by atoms with Gasteiger partial charge in [0.25, 0.3) is 0 Å². The van der Waals surface area contributed by atoms with Crippen LogP contribution in [0.15, 0.2) is 24.5 Å². The van der Waals surface area contributed by atoms with Crippen molar-refractivity contribution in [3.8, 4) is 6.07 Å². The summed E-state index contributed by atoms with van der Waals surface area (Å²) in [5, 5.41) is 9.70. The summed E-state index contributed by atoms with van der Waals surface area (Å²) in [4.78, 5) is 10.5. The quantitative estimate of drug-likeness (QED) is 0.831. The number of nitrogens with two attached hydrogens (primary N) is 1. The zero-order valence-electron chi connectivity index (χ0n) is 10.5. The molecule has 0 saturated carbocycles. The van der Waals surface area contributed by atoms with E-state index in [0.717, 1.165) is 16.7 Å². The molecule has 5 heteroatoms. The van der Waals surface area contributed by atoms with E-state index in [0.29, 0.717) is 12.1 Å². The second-order valence-electron chi connectivity index (χ2n) is 4.30. The molecule has 0 aliphatic carbocycles. The summed E-state index contributed by atoms with van der Waals surface area (Å²) >= 11 is 0. The molecule has 2 N–H and O–H groups in total. The van der Waals surface area contributed by atoms with Crippen molar-refractivity contribution >= 4 is 22.4 Å². The Kier molecular flexibility index (Phi) is 3.28. The molecular weight excluding hydrogens is 226 g/mol. The van der Waals surface area contributed by atoms with Gasteiger partial charge in [0.1, 0.15) is 12.1 Å². The van der Waals surface area contributed by atoms with Gasteiger partial charge in [-0.15, -0.1) is 0 Å². The zero-order chi connectivity index (χ0) is 13.1. The maximum atomic E-state index is 8.76. The van der Waals surface area contributed by atoms with Crippen LogP contribution in [0.25, 0.3) is 10.9 Å². The Bertz CT molecular complexity index is 602. The molecule has 0 fully saturated rings. The van der Waals surface area contributed by atoms with Crippen molar-refractivity contribution in [3.05, 3.63) is 24.5 Å². The average Bonchev–Trinajstić information content (AvgIpc) is 2.37. The van der Waals surface area contributed by atoms with Gasteiger partial charge >= 0.3 is 0 Å². The van der Waals surface area contributed by atoms with E-state index < -0.39 is 0 Å². The summed E-state index contributed by atoms with van der Waals surface area (Å²) in [7, 11) is 1.93. The first-order valence-corrected chi connectivity index (χ1v) is 5.73. The Morgan fingerprint density at radius 2 is 2.22 bits per heavy atom. The van der Waals surface area contributed by atoms with Crippen LogP contribution in [0, 0.1) is 11.3 Å². The Hall–Kier alpha value is -2.35. The van der Waals surface area contributed by atoms with Crippen LogP contribution in [-0.2, 0) is 0 Å². The minimum atomic E-state index is 0.102. The highest BCUT2D eigenvalue weighted by molar-refractivity contribution is 5.91. The molecule has 0 saturated heterocycles. The lowest BCUT2D eigenvalue weighted by molar-refractivity contribution is 0.696. The summed E-state index contributed by atoms with van der Waals surface area (Å²) in [6.45, 7) is 1.99. The minimum absolute atomic E-state index is 0.102. The maximum Gasteiger partial charge on any atom is 0.139 e. The normalized spacial score (nSPS) is 12.1. The first-order valence-electron chi connectivity index (χ1n) is 5.73. The lowest BCUT2D eigenvalue weighted by Gasteiger charge is -2.24. The van der Waals surface area contributed by atoms with E-state index in [2.05, 4.69) is 16.0 Å². The molecule has 0 bridgehead atoms. The molecule has 0 aliphatic heterocycles. The van der Waals surface area contributed by atoms with Gasteiger partial charge in [-0.2, -0.15) is 5.26 Å². The fourth-order valence-electron chi connectivity index (χ4n) is 1.82. The molecule has 5 nitrogen and oxygen atoms in total. The van der Waals surface area contributed by atoms with Gasteiger partial charge in [0.05, 0.1) is 18.0 Å². The first kappa shape index (κ1) is 12.1. The Morgan fingerprint density at radius 1 is 1.44 bits per heavy atom. The largest absolute Gasteiger partial charge is 0.399 e. The van der Waals surface area contributed by atoms with Crippen LogP contribution in [0.4, 0.5) is 11.5 Å². The number of fused-ring (bicyclic) bond motifs is 1. The number of hydrogen-bond donors (Lipinski definition) is 1. The molecule has 1 aromatic heterocycles. The van der Waals surface area contributed by atoms with Crippen molar-refractivity contribution in [2.75, 3.05) is 17.7 Å². The summed E-state index contributed by atoms with van der Waals surface area (Å²) in [5.41, 5.74) is 7.24. The van der Waals surface area contributed by atoms with Crippen LogP contribution in [-0.4, -0.2) is 23.1 Å². The third-order valence-corrected chi connectivity index (χ3v) is 3.02. The first-order chi connectivity index (χ1) is 8.63. The van der Waals surface area contributed by atoms with E-state index in [1.54, 1.807) is 0 Å². The molecule has 1 aromatic carbocycles. The van der Waals surface area contributed by atoms with Crippen molar-refractivity contribution in [1.82, 2.24) is 9.97 Å². The highest BCUT2D eigenvalue weighted by atomic mass is 15.2. The molecule has 1 heterocycles. The van der Waals surface area contributed by atoms with Crippen molar-refractivity contribution in [1.29, 1.82) is 5.26 Å². The summed E-state index contributed by atoms with van der Waals surface area (Å²) in [5.74, 6) is 0.822. The molecule has 2 rings (SSSR count). The number of nitrogen functional groups attached to an aromatic ring is 1. The molecule has 0 radical (unpaired) electrons. The van der Waals surface area contributed by atoms with E-state index in [1.807, 2.05) is 37.1 Å². The van der Waals surface area contributed by atoms with Gasteiger partial charge in [-0.3, -0.25) is 0 Å². The molecule has 0 aliphatic rings. The standard InChI is InChI=1S/C13H15N5/c1-9(5-6-14)18(2)13-11-4-3-10(15)7-12(11)16-8-17-13/h3-4,7-9H,5,15H2,1-2H3. The van der Waals surface area contributed by atoms with E-state index in [1.165, 1.54) is 6.33 Å². The molecule has 1 unspecified atom stereocenters. The third kappa shape index (κ3) is 2.18. The fourth-order valence-corrected chi connectivity index (χ4v) is 1.82. The highest BCUT2D eigenvalue weighted by Crippen LogP contribution is 2.25. The maximum absolute atomic E-state index is 8.76. The van der Waals surface area contributed by atoms with E-state index >= 15 is 0 Å².